The summed E-state index contributed by atoms with van der Waals surface area (Å²) in [4.78, 5) is 2.23. The van der Waals surface area contributed by atoms with Gasteiger partial charge >= 0.3 is 0 Å². The van der Waals surface area contributed by atoms with Crippen LogP contribution in [0, 0.1) is 0 Å². The van der Waals surface area contributed by atoms with Gasteiger partial charge in [0.05, 0.1) is 3.79 Å². The van der Waals surface area contributed by atoms with Crippen molar-refractivity contribution in [2.45, 2.75) is 19.5 Å². The lowest BCUT2D eigenvalue weighted by atomic mass is 10.1. The highest BCUT2D eigenvalue weighted by molar-refractivity contribution is 9.11. The average molecular weight is 404 g/mol. The predicted octanol–water partition coefficient (Wildman–Crippen LogP) is 4.93. The summed E-state index contributed by atoms with van der Waals surface area (Å²) in [5, 5.41) is 2.17. The summed E-state index contributed by atoms with van der Waals surface area (Å²) >= 11 is 8.80. The topological polar surface area (TPSA) is 29.3 Å². The van der Waals surface area contributed by atoms with Crippen molar-refractivity contribution in [2.75, 3.05) is 11.9 Å². The Morgan fingerprint density at radius 3 is 2.58 bits per heavy atom. The normalized spacial score (nSPS) is 12.5. The van der Waals surface area contributed by atoms with E-state index in [9.17, 15) is 0 Å². The molecule has 0 saturated heterocycles. The number of hydrogen-bond acceptors (Lipinski definition) is 3. The molecule has 102 valence electrons. The molecule has 0 radical (unpaired) electrons. The zero-order chi connectivity index (χ0) is 14.0. The first kappa shape index (κ1) is 15.0. The number of hydrogen-bond donors (Lipinski definition) is 1. The molecule has 1 atom stereocenters. The predicted molar refractivity (Wildman–Crippen MR) is 90.9 cm³/mol. The highest BCUT2D eigenvalue weighted by atomic mass is 79.9. The molecular weight excluding hydrogens is 388 g/mol. The summed E-state index contributed by atoms with van der Waals surface area (Å²) in [6.07, 6.45) is 0. The third-order valence-corrected chi connectivity index (χ3v) is 5.20. The van der Waals surface area contributed by atoms with Gasteiger partial charge in [0.2, 0.25) is 0 Å². The summed E-state index contributed by atoms with van der Waals surface area (Å²) in [6, 6.07) is 8.53. The van der Waals surface area contributed by atoms with Crippen molar-refractivity contribution in [1.82, 2.24) is 0 Å². The van der Waals surface area contributed by atoms with Gasteiger partial charge < -0.3 is 10.6 Å². The van der Waals surface area contributed by atoms with Crippen molar-refractivity contribution in [3.63, 3.8) is 0 Å². The molecule has 1 heterocycles. The molecular formula is C14H16Br2N2S. The Labute approximate surface area is 134 Å². The second kappa shape index (κ2) is 6.39. The molecule has 0 unspecified atom stereocenters. The van der Waals surface area contributed by atoms with Gasteiger partial charge in [0, 0.05) is 29.8 Å². The molecule has 19 heavy (non-hydrogen) atoms. The van der Waals surface area contributed by atoms with E-state index in [1.165, 1.54) is 15.0 Å². The fourth-order valence-corrected chi connectivity index (χ4v) is 3.84. The van der Waals surface area contributed by atoms with Crippen molar-refractivity contribution < 1.29 is 0 Å². The number of benzene rings is 1. The lowest BCUT2D eigenvalue weighted by Gasteiger charge is -2.20. The van der Waals surface area contributed by atoms with Crippen LogP contribution in [-0.2, 0) is 6.54 Å². The van der Waals surface area contributed by atoms with Gasteiger partial charge in [-0.05, 0) is 57.6 Å². The minimum atomic E-state index is 0.0431. The molecule has 5 heteroatoms. The molecule has 0 spiro atoms. The number of anilines is 1. The van der Waals surface area contributed by atoms with E-state index in [1.54, 1.807) is 11.3 Å². The molecule has 0 amide bonds. The maximum Gasteiger partial charge on any atom is 0.0701 e. The number of thiophene rings is 1. The van der Waals surface area contributed by atoms with Gasteiger partial charge in [-0.1, -0.05) is 22.0 Å². The second-order valence-electron chi connectivity index (χ2n) is 4.61. The van der Waals surface area contributed by atoms with Crippen LogP contribution < -0.4 is 10.6 Å². The van der Waals surface area contributed by atoms with E-state index in [4.69, 9.17) is 5.73 Å². The number of halogens is 2. The van der Waals surface area contributed by atoms with Crippen LogP contribution in [0.25, 0.3) is 0 Å². The molecule has 2 N–H and O–H groups in total. The molecule has 0 fully saturated rings. The van der Waals surface area contributed by atoms with Crippen LogP contribution in [0.4, 0.5) is 5.69 Å². The van der Waals surface area contributed by atoms with E-state index >= 15 is 0 Å². The molecule has 0 aliphatic heterocycles. The van der Waals surface area contributed by atoms with Crippen molar-refractivity contribution in [1.29, 1.82) is 0 Å². The number of nitrogens with zero attached hydrogens (tertiary/aromatic N) is 1. The first-order chi connectivity index (χ1) is 8.97. The maximum atomic E-state index is 5.92. The van der Waals surface area contributed by atoms with Gasteiger partial charge in [-0.3, -0.25) is 0 Å². The van der Waals surface area contributed by atoms with Crippen LogP contribution in [-0.4, -0.2) is 7.05 Å². The number of rotatable bonds is 4. The summed E-state index contributed by atoms with van der Waals surface area (Å²) in [5.74, 6) is 0. The van der Waals surface area contributed by atoms with Crippen LogP contribution in [0.1, 0.15) is 24.1 Å². The van der Waals surface area contributed by atoms with E-state index in [1.807, 2.05) is 6.92 Å². The highest BCUT2D eigenvalue weighted by Crippen LogP contribution is 2.28. The standard InChI is InChI=1S/C14H16Br2N2S/c1-9(17)12-4-3-11(6-13(12)15)18(2)7-10-5-14(16)19-8-10/h3-6,8-9H,7,17H2,1-2H3/t9-/m0/s1. The summed E-state index contributed by atoms with van der Waals surface area (Å²) in [6.45, 7) is 2.89. The Hall–Kier alpha value is -0.360. The quantitative estimate of drug-likeness (QED) is 0.783. The Bertz CT molecular complexity index is 566. The van der Waals surface area contributed by atoms with Crippen LogP contribution in [0.15, 0.2) is 37.9 Å². The maximum absolute atomic E-state index is 5.92. The van der Waals surface area contributed by atoms with Gasteiger partial charge in [-0.2, -0.15) is 0 Å². The fourth-order valence-electron chi connectivity index (χ4n) is 1.92. The van der Waals surface area contributed by atoms with Gasteiger partial charge in [-0.15, -0.1) is 11.3 Å². The van der Waals surface area contributed by atoms with Gasteiger partial charge in [0.1, 0.15) is 0 Å². The second-order valence-corrected chi connectivity index (χ2v) is 7.75. The smallest absolute Gasteiger partial charge is 0.0701 e. The molecule has 2 rings (SSSR count). The van der Waals surface area contributed by atoms with E-state index in [0.29, 0.717) is 0 Å². The Balaban J connectivity index is 2.15. The zero-order valence-corrected chi connectivity index (χ0v) is 14.8. The van der Waals surface area contributed by atoms with E-state index in [-0.39, 0.29) is 6.04 Å². The molecule has 2 aromatic rings. The largest absolute Gasteiger partial charge is 0.370 e. The monoisotopic (exact) mass is 402 g/mol. The molecule has 0 aliphatic rings. The Kier molecular flexibility index (Phi) is 5.06. The Morgan fingerprint density at radius 1 is 1.32 bits per heavy atom. The summed E-state index contributed by atoms with van der Waals surface area (Å²) in [5.41, 5.74) is 9.55. The first-order valence-electron chi connectivity index (χ1n) is 5.96. The summed E-state index contributed by atoms with van der Waals surface area (Å²) in [7, 11) is 2.10. The number of nitrogens with two attached hydrogens (primary N) is 1. The third-order valence-electron chi connectivity index (χ3n) is 2.96. The van der Waals surface area contributed by atoms with Crippen LogP contribution in [0.5, 0.6) is 0 Å². The lowest BCUT2D eigenvalue weighted by Crippen LogP contribution is -2.16. The lowest BCUT2D eigenvalue weighted by molar-refractivity contribution is 0.812. The molecule has 1 aromatic heterocycles. The molecule has 0 saturated carbocycles. The molecule has 0 aliphatic carbocycles. The first-order valence-corrected chi connectivity index (χ1v) is 8.43. The van der Waals surface area contributed by atoms with E-state index in [2.05, 4.69) is 73.5 Å². The van der Waals surface area contributed by atoms with Gasteiger partial charge in [-0.25, -0.2) is 0 Å². The van der Waals surface area contributed by atoms with E-state index < -0.39 is 0 Å². The van der Waals surface area contributed by atoms with Crippen molar-refractivity contribution in [3.05, 3.63) is 49.0 Å². The SMILES string of the molecule is C[C@H](N)c1ccc(N(C)Cc2csc(Br)c2)cc1Br. The molecule has 1 aromatic carbocycles. The van der Waals surface area contributed by atoms with E-state index in [0.717, 1.165) is 16.6 Å². The van der Waals surface area contributed by atoms with Crippen molar-refractivity contribution in [3.8, 4) is 0 Å². The van der Waals surface area contributed by atoms with Gasteiger partial charge in [0.25, 0.3) is 0 Å². The zero-order valence-electron chi connectivity index (χ0n) is 10.9. The molecule has 2 nitrogen and oxygen atoms in total. The highest BCUT2D eigenvalue weighted by Gasteiger charge is 2.09. The minimum absolute atomic E-state index is 0.0431. The van der Waals surface area contributed by atoms with Crippen LogP contribution in [0.3, 0.4) is 0 Å². The third kappa shape index (κ3) is 3.81. The van der Waals surface area contributed by atoms with Crippen LogP contribution >= 0.6 is 43.2 Å². The van der Waals surface area contributed by atoms with Crippen LogP contribution in [0.2, 0.25) is 0 Å². The molecule has 0 bridgehead atoms. The minimum Gasteiger partial charge on any atom is -0.370 e. The average Bonchev–Trinajstić information content (AvgIpc) is 2.74. The van der Waals surface area contributed by atoms with Crippen molar-refractivity contribution in [2.24, 2.45) is 5.73 Å². The summed E-state index contributed by atoms with van der Waals surface area (Å²) < 4.78 is 2.24. The van der Waals surface area contributed by atoms with Crippen molar-refractivity contribution >= 4 is 48.9 Å². The fraction of sp³-hybridized carbons (Fsp3) is 0.286. The van der Waals surface area contributed by atoms with Gasteiger partial charge in [0.15, 0.2) is 0 Å². The Morgan fingerprint density at radius 2 is 2.05 bits per heavy atom.